The number of amides is 1. The fourth-order valence-corrected chi connectivity index (χ4v) is 3.06. The second-order valence-corrected chi connectivity index (χ2v) is 5.67. The van der Waals surface area contributed by atoms with Gasteiger partial charge in [0.1, 0.15) is 6.61 Å². The maximum absolute atomic E-state index is 11.9. The molecule has 0 unspecified atom stereocenters. The highest BCUT2D eigenvalue weighted by atomic mass is 16.5. The van der Waals surface area contributed by atoms with Gasteiger partial charge in [-0.25, -0.2) is 4.79 Å². The van der Waals surface area contributed by atoms with E-state index in [1.807, 2.05) is 18.2 Å². The summed E-state index contributed by atoms with van der Waals surface area (Å²) in [5.41, 5.74) is 3.15. The minimum Gasteiger partial charge on any atom is -0.448 e. The van der Waals surface area contributed by atoms with Crippen molar-refractivity contribution in [3.63, 3.8) is 0 Å². The molecule has 2 heterocycles. The van der Waals surface area contributed by atoms with E-state index in [2.05, 4.69) is 15.5 Å². The van der Waals surface area contributed by atoms with E-state index in [1.54, 1.807) is 0 Å². The van der Waals surface area contributed by atoms with Crippen LogP contribution in [0.2, 0.25) is 0 Å². The molecule has 1 amide bonds. The van der Waals surface area contributed by atoms with E-state index in [9.17, 15) is 4.79 Å². The number of benzene rings is 1. The van der Waals surface area contributed by atoms with E-state index in [0.29, 0.717) is 6.61 Å². The Bertz CT molecular complexity index is 498. The molecule has 1 fully saturated rings. The summed E-state index contributed by atoms with van der Waals surface area (Å²) in [6, 6.07) is 5.91. The van der Waals surface area contributed by atoms with Gasteiger partial charge in [0.2, 0.25) is 0 Å². The smallest absolute Gasteiger partial charge is 0.411 e. The molecule has 1 aromatic carbocycles. The Labute approximate surface area is 125 Å². The number of ether oxygens (including phenoxy) is 1. The molecule has 2 N–H and O–H groups in total. The quantitative estimate of drug-likeness (QED) is 0.895. The minimum absolute atomic E-state index is 0.354. The predicted octanol–water partition coefficient (Wildman–Crippen LogP) is 2.69. The van der Waals surface area contributed by atoms with Crippen molar-refractivity contribution in [2.45, 2.75) is 25.7 Å². The normalized spacial score (nSPS) is 17.9. The number of hydrogen-bond acceptors (Lipinski definition) is 4. The summed E-state index contributed by atoms with van der Waals surface area (Å²) in [7, 11) is 0. The highest BCUT2D eigenvalue weighted by Crippen LogP contribution is 2.29. The summed E-state index contributed by atoms with van der Waals surface area (Å²) in [6.45, 7) is 4.48. The lowest BCUT2D eigenvalue weighted by Gasteiger charge is -2.25. The van der Waals surface area contributed by atoms with Crippen molar-refractivity contribution in [3.05, 3.63) is 23.8 Å². The zero-order valence-corrected chi connectivity index (χ0v) is 12.4. The number of anilines is 2. The Kier molecular flexibility index (Phi) is 4.60. The van der Waals surface area contributed by atoms with Gasteiger partial charge in [0.05, 0.1) is 0 Å². The van der Waals surface area contributed by atoms with E-state index >= 15 is 0 Å². The topological polar surface area (TPSA) is 53.6 Å². The second kappa shape index (κ2) is 6.80. The number of piperidine rings is 1. The molecule has 0 aromatic heterocycles. The summed E-state index contributed by atoms with van der Waals surface area (Å²) >= 11 is 0. The highest BCUT2D eigenvalue weighted by Gasteiger charge is 2.16. The van der Waals surface area contributed by atoms with Crippen molar-refractivity contribution in [1.29, 1.82) is 0 Å². The first-order valence-corrected chi connectivity index (χ1v) is 7.85. The maximum atomic E-state index is 11.9. The van der Waals surface area contributed by atoms with Gasteiger partial charge in [-0.15, -0.1) is 0 Å². The molecule has 2 aliphatic heterocycles. The number of hydrogen-bond donors (Lipinski definition) is 2. The Morgan fingerprint density at radius 2 is 2.14 bits per heavy atom. The minimum atomic E-state index is -0.354. The number of carbonyl (C=O) groups is 1. The van der Waals surface area contributed by atoms with Crippen LogP contribution in [0.4, 0.5) is 16.2 Å². The Morgan fingerprint density at radius 3 is 3.00 bits per heavy atom. The Morgan fingerprint density at radius 1 is 1.29 bits per heavy atom. The van der Waals surface area contributed by atoms with E-state index in [0.717, 1.165) is 44.0 Å². The Balaban J connectivity index is 1.45. The average Bonchev–Trinajstić information content (AvgIpc) is 2.98. The lowest BCUT2D eigenvalue weighted by Crippen LogP contribution is -2.33. The molecule has 114 valence electrons. The molecule has 1 saturated heterocycles. The van der Waals surface area contributed by atoms with Crippen LogP contribution >= 0.6 is 0 Å². The van der Waals surface area contributed by atoms with Crippen LogP contribution in [0.15, 0.2) is 18.2 Å². The van der Waals surface area contributed by atoms with E-state index < -0.39 is 0 Å². The molecule has 21 heavy (non-hydrogen) atoms. The van der Waals surface area contributed by atoms with Gasteiger partial charge in [-0.3, -0.25) is 10.2 Å². The summed E-state index contributed by atoms with van der Waals surface area (Å²) < 4.78 is 5.30. The van der Waals surface area contributed by atoms with Crippen molar-refractivity contribution >= 4 is 17.5 Å². The molecule has 0 spiro atoms. The van der Waals surface area contributed by atoms with Crippen molar-refractivity contribution in [1.82, 2.24) is 4.90 Å². The van der Waals surface area contributed by atoms with Crippen LogP contribution in [0.1, 0.15) is 24.8 Å². The predicted molar refractivity (Wildman–Crippen MR) is 83.9 cm³/mol. The van der Waals surface area contributed by atoms with Gasteiger partial charge in [0, 0.05) is 30.0 Å². The number of fused-ring (bicyclic) bond motifs is 1. The second-order valence-electron chi connectivity index (χ2n) is 5.67. The molecule has 5 heteroatoms. The summed E-state index contributed by atoms with van der Waals surface area (Å²) in [5, 5.41) is 6.16. The molecular formula is C16H23N3O2. The molecule has 0 aliphatic carbocycles. The molecule has 3 rings (SSSR count). The zero-order chi connectivity index (χ0) is 14.5. The van der Waals surface area contributed by atoms with E-state index in [-0.39, 0.29) is 6.09 Å². The van der Waals surface area contributed by atoms with Gasteiger partial charge in [-0.1, -0.05) is 12.5 Å². The van der Waals surface area contributed by atoms with Gasteiger partial charge in [0.25, 0.3) is 0 Å². The van der Waals surface area contributed by atoms with Crippen LogP contribution in [0, 0.1) is 0 Å². The van der Waals surface area contributed by atoms with Crippen LogP contribution in [0.5, 0.6) is 0 Å². The number of nitrogens with zero attached hydrogens (tertiary/aromatic N) is 1. The van der Waals surface area contributed by atoms with E-state index in [4.69, 9.17) is 4.74 Å². The van der Waals surface area contributed by atoms with Gasteiger partial charge in [0.15, 0.2) is 0 Å². The number of likely N-dealkylation sites (tertiary alicyclic amines) is 1. The fourth-order valence-electron chi connectivity index (χ4n) is 3.06. The first kappa shape index (κ1) is 14.2. The molecule has 0 bridgehead atoms. The largest absolute Gasteiger partial charge is 0.448 e. The van der Waals surface area contributed by atoms with Crippen molar-refractivity contribution in [2.24, 2.45) is 0 Å². The fraction of sp³-hybridized carbons (Fsp3) is 0.562. The Hall–Kier alpha value is -1.75. The van der Waals surface area contributed by atoms with Crippen LogP contribution in [-0.2, 0) is 11.2 Å². The monoisotopic (exact) mass is 289 g/mol. The van der Waals surface area contributed by atoms with Gasteiger partial charge in [-0.05, 0) is 44.5 Å². The third kappa shape index (κ3) is 3.67. The van der Waals surface area contributed by atoms with Crippen LogP contribution in [0.25, 0.3) is 0 Å². The molecule has 0 radical (unpaired) electrons. The molecule has 1 aromatic rings. The lowest BCUT2D eigenvalue weighted by molar-refractivity contribution is 0.131. The third-order valence-electron chi connectivity index (χ3n) is 4.19. The summed E-state index contributed by atoms with van der Waals surface area (Å²) in [5.74, 6) is 0. The first-order valence-electron chi connectivity index (χ1n) is 7.85. The van der Waals surface area contributed by atoms with Gasteiger partial charge < -0.3 is 10.1 Å². The third-order valence-corrected chi connectivity index (χ3v) is 4.19. The summed E-state index contributed by atoms with van der Waals surface area (Å²) in [4.78, 5) is 14.2. The molecular weight excluding hydrogens is 266 g/mol. The van der Waals surface area contributed by atoms with Crippen LogP contribution in [0.3, 0.4) is 0 Å². The number of nitrogens with one attached hydrogen (secondary N) is 2. The first-order chi connectivity index (χ1) is 10.3. The number of carbonyl (C=O) groups excluding carboxylic acids is 1. The lowest BCUT2D eigenvalue weighted by atomic mass is 10.1. The maximum Gasteiger partial charge on any atom is 0.411 e. The van der Waals surface area contributed by atoms with Crippen molar-refractivity contribution < 1.29 is 9.53 Å². The average molecular weight is 289 g/mol. The van der Waals surface area contributed by atoms with E-state index in [1.165, 1.54) is 24.8 Å². The molecule has 5 nitrogen and oxygen atoms in total. The number of rotatable bonds is 4. The zero-order valence-electron chi connectivity index (χ0n) is 12.4. The highest BCUT2D eigenvalue weighted by molar-refractivity contribution is 5.87. The van der Waals surface area contributed by atoms with Gasteiger partial charge in [-0.2, -0.15) is 0 Å². The summed E-state index contributed by atoms with van der Waals surface area (Å²) in [6.07, 6.45) is 4.43. The molecule has 0 saturated carbocycles. The van der Waals surface area contributed by atoms with Crippen LogP contribution < -0.4 is 10.6 Å². The van der Waals surface area contributed by atoms with Crippen molar-refractivity contribution in [3.8, 4) is 0 Å². The van der Waals surface area contributed by atoms with Crippen molar-refractivity contribution in [2.75, 3.05) is 43.4 Å². The molecule has 0 atom stereocenters. The van der Waals surface area contributed by atoms with Crippen LogP contribution in [-0.4, -0.2) is 43.8 Å². The standard InChI is InChI=1S/C16H23N3O2/c20-16(21-12-11-19-9-2-1-3-10-19)18-15-6-4-5-14-13(15)7-8-17-14/h4-6,17H,1-3,7-12H2,(H,18,20). The SMILES string of the molecule is O=C(Nc1cccc2c1CCN2)OCCN1CCCCC1. The molecule has 2 aliphatic rings. The van der Waals surface area contributed by atoms with Gasteiger partial charge >= 0.3 is 6.09 Å².